The molecule has 0 aliphatic heterocycles. The molecule has 0 amide bonds. The van der Waals surface area contributed by atoms with Crippen LogP contribution < -0.4 is 0 Å². The Morgan fingerprint density at radius 3 is 2.81 bits per heavy atom. The fourth-order valence-electron chi connectivity index (χ4n) is 2.22. The Bertz CT molecular complexity index is 842. The van der Waals surface area contributed by atoms with Crippen LogP contribution in [-0.2, 0) is 6.42 Å². The average molecular weight is 302 g/mol. The Labute approximate surface area is 125 Å². The molecule has 0 unspecified atom stereocenters. The van der Waals surface area contributed by atoms with Gasteiger partial charge in [0.2, 0.25) is 0 Å². The van der Waals surface area contributed by atoms with Gasteiger partial charge < -0.3 is 5.11 Å². The van der Waals surface area contributed by atoms with E-state index in [1.54, 1.807) is 4.40 Å². The fraction of sp³-hybridized carbons (Fsp3) is 0.133. The third-order valence-corrected chi connectivity index (χ3v) is 3.67. The summed E-state index contributed by atoms with van der Waals surface area (Å²) < 4.78 is 1.64. The molecule has 0 fully saturated rings. The number of hydrogen-bond acceptors (Lipinski definition) is 3. The Balaban J connectivity index is 2.11. The van der Waals surface area contributed by atoms with E-state index in [1.807, 2.05) is 31.2 Å². The summed E-state index contributed by atoms with van der Waals surface area (Å²) in [7, 11) is 0. The summed E-state index contributed by atoms with van der Waals surface area (Å²) in [5.74, 6) is -0.376. The quantitative estimate of drug-likeness (QED) is 0.807. The lowest BCUT2D eigenvalue weighted by Gasteiger charge is -2.05. The summed E-state index contributed by atoms with van der Waals surface area (Å²) in [4.78, 5) is 11.1. The van der Waals surface area contributed by atoms with E-state index in [0.717, 1.165) is 11.1 Å². The summed E-state index contributed by atoms with van der Waals surface area (Å²) in [5.41, 5.74) is 2.84. The van der Waals surface area contributed by atoms with Crippen molar-refractivity contribution in [2.75, 3.05) is 0 Å². The smallest absolute Gasteiger partial charge is 0.337 e. The molecule has 0 aliphatic rings. The second-order valence-electron chi connectivity index (χ2n) is 4.79. The molecule has 2 heterocycles. The molecular formula is C15H12ClN3O2. The highest BCUT2D eigenvalue weighted by Gasteiger charge is 2.14. The van der Waals surface area contributed by atoms with Crippen LogP contribution in [0.2, 0.25) is 5.02 Å². The summed E-state index contributed by atoms with van der Waals surface area (Å²) in [5, 5.41) is 17.6. The molecular weight excluding hydrogens is 290 g/mol. The Morgan fingerprint density at radius 2 is 2.10 bits per heavy atom. The van der Waals surface area contributed by atoms with Gasteiger partial charge in [0.1, 0.15) is 5.82 Å². The molecule has 2 aromatic heterocycles. The zero-order valence-electron chi connectivity index (χ0n) is 11.2. The lowest BCUT2D eigenvalue weighted by Crippen LogP contribution is -2.03. The molecule has 0 radical (unpaired) electrons. The van der Waals surface area contributed by atoms with Crippen molar-refractivity contribution in [3.05, 3.63) is 64.1 Å². The third kappa shape index (κ3) is 2.48. The second kappa shape index (κ2) is 5.18. The highest BCUT2D eigenvalue weighted by molar-refractivity contribution is 6.33. The van der Waals surface area contributed by atoms with Crippen molar-refractivity contribution in [1.29, 1.82) is 0 Å². The van der Waals surface area contributed by atoms with Crippen molar-refractivity contribution in [2.45, 2.75) is 13.3 Å². The number of hydrogen-bond donors (Lipinski definition) is 1. The predicted molar refractivity (Wildman–Crippen MR) is 78.9 cm³/mol. The molecule has 0 saturated heterocycles. The van der Waals surface area contributed by atoms with Crippen molar-refractivity contribution in [1.82, 2.24) is 14.6 Å². The lowest BCUT2D eigenvalue weighted by atomic mass is 10.1. The number of carbonyl (C=O) groups is 1. The number of fused-ring (bicyclic) bond motifs is 1. The minimum atomic E-state index is -1.03. The van der Waals surface area contributed by atoms with Crippen molar-refractivity contribution < 1.29 is 9.90 Å². The molecule has 21 heavy (non-hydrogen) atoms. The molecule has 0 aliphatic carbocycles. The average Bonchev–Trinajstić information content (AvgIpc) is 2.85. The van der Waals surface area contributed by atoms with E-state index in [4.69, 9.17) is 16.7 Å². The molecule has 5 nitrogen and oxygen atoms in total. The molecule has 6 heteroatoms. The van der Waals surface area contributed by atoms with Gasteiger partial charge in [-0.1, -0.05) is 35.9 Å². The largest absolute Gasteiger partial charge is 0.478 e. The Morgan fingerprint density at radius 1 is 1.33 bits per heavy atom. The van der Waals surface area contributed by atoms with Crippen LogP contribution in [0.3, 0.4) is 0 Å². The number of aryl methyl sites for hydroxylation is 1. The fourth-order valence-corrected chi connectivity index (χ4v) is 2.46. The molecule has 0 saturated carbocycles. The maximum atomic E-state index is 11.1. The number of carboxylic acids is 1. The molecule has 0 spiro atoms. The summed E-state index contributed by atoms with van der Waals surface area (Å²) in [6.45, 7) is 2.02. The van der Waals surface area contributed by atoms with Gasteiger partial charge in [0, 0.05) is 12.6 Å². The van der Waals surface area contributed by atoms with Crippen molar-refractivity contribution in [3.63, 3.8) is 0 Å². The summed E-state index contributed by atoms with van der Waals surface area (Å²) in [6, 6.07) is 9.35. The van der Waals surface area contributed by atoms with Crippen molar-refractivity contribution in [3.8, 4) is 0 Å². The highest BCUT2D eigenvalue weighted by Crippen LogP contribution is 2.20. The molecule has 1 N–H and O–H groups in total. The van der Waals surface area contributed by atoms with Gasteiger partial charge in [-0.15, -0.1) is 10.2 Å². The van der Waals surface area contributed by atoms with E-state index in [0.29, 0.717) is 17.9 Å². The first-order valence-corrected chi connectivity index (χ1v) is 6.75. The van der Waals surface area contributed by atoms with Crippen LogP contribution >= 0.6 is 11.6 Å². The number of halogens is 1. The van der Waals surface area contributed by atoms with E-state index in [2.05, 4.69) is 10.2 Å². The van der Waals surface area contributed by atoms with Crippen molar-refractivity contribution in [2.24, 2.45) is 0 Å². The van der Waals surface area contributed by atoms with Gasteiger partial charge >= 0.3 is 5.97 Å². The number of carboxylic acid groups (broad SMARTS) is 1. The van der Waals surface area contributed by atoms with E-state index in [9.17, 15) is 4.79 Å². The Kier molecular flexibility index (Phi) is 3.35. The van der Waals surface area contributed by atoms with Crippen LogP contribution in [0.25, 0.3) is 5.65 Å². The van der Waals surface area contributed by atoms with Crippen LogP contribution in [0, 0.1) is 6.92 Å². The standard InChI is InChI=1S/C15H12ClN3O2/c1-9-4-2-3-5-10(9)7-13-17-18-14-12(16)6-11(15(20)21)8-19(13)14/h2-6,8H,7H2,1H3,(H,20,21). The maximum Gasteiger partial charge on any atom is 0.337 e. The van der Waals surface area contributed by atoms with E-state index in [-0.39, 0.29) is 10.6 Å². The molecule has 106 valence electrons. The van der Waals surface area contributed by atoms with Gasteiger partial charge in [-0.2, -0.15) is 0 Å². The molecule has 0 atom stereocenters. The molecule has 3 aromatic rings. The van der Waals surface area contributed by atoms with Gasteiger partial charge in [-0.25, -0.2) is 4.79 Å². The number of pyridine rings is 1. The van der Waals surface area contributed by atoms with Crippen LogP contribution in [0.15, 0.2) is 36.5 Å². The molecule has 1 aromatic carbocycles. The van der Waals surface area contributed by atoms with Crippen LogP contribution in [-0.4, -0.2) is 25.7 Å². The normalized spacial score (nSPS) is 11.0. The minimum Gasteiger partial charge on any atom is -0.478 e. The molecule has 0 bridgehead atoms. The predicted octanol–water partition coefficient (Wildman–Crippen LogP) is 2.98. The number of benzene rings is 1. The van der Waals surface area contributed by atoms with Crippen molar-refractivity contribution >= 4 is 23.2 Å². The van der Waals surface area contributed by atoms with E-state index in [1.165, 1.54) is 12.3 Å². The van der Waals surface area contributed by atoms with Gasteiger partial charge in [0.05, 0.1) is 10.6 Å². The number of aromatic carboxylic acids is 1. The lowest BCUT2D eigenvalue weighted by molar-refractivity contribution is 0.0696. The zero-order valence-corrected chi connectivity index (χ0v) is 12.0. The summed E-state index contributed by atoms with van der Waals surface area (Å²) in [6.07, 6.45) is 2.06. The molecule has 3 rings (SSSR count). The number of nitrogens with zero attached hydrogens (tertiary/aromatic N) is 3. The number of aromatic nitrogens is 3. The first-order chi connectivity index (χ1) is 10.1. The van der Waals surface area contributed by atoms with Gasteiger partial charge in [0.25, 0.3) is 0 Å². The zero-order chi connectivity index (χ0) is 15.0. The first kappa shape index (κ1) is 13.6. The first-order valence-electron chi connectivity index (χ1n) is 6.37. The van der Waals surface area contributed by atoms with Gasteiger partial charge in [-0.3, -0.25) is 4.40 Å². The van der Waals surface area contributed by atoms with Gasteiger partial charge in [-0.05, 0) is 24.1 Å². The highest BCUT2D eigenvalue weighted by atomic mass is 35.5. The Hall–Kier alpha value is -2.40. The van der Waals surface area contributed by atoms with Gasteiger partial charge in [0.15, 0.2) is 5.65 Å². The second-order valence-corrected chi connectivity index (χ2v) is 5.20. The topological polar surface area (TPSA) is 67.5 Å². The van der Waals surface area contributed by atoms with E-state index < -0.39 is 5.97 Å². The summed E-state index contributed by atoms with van der Waals surface area (Å²) >= 11 is 6.07. The SMILES string of the molecule is Cc1ccccc1Cc1nnc2c(Cl)cc(C(=O)O)cn12. The van der Waals surface area contributed by atoms with Crippen LogP contribution in [0.4, 0.5) is 0 Å². The number of rotatable bonds is 3. The minimum absolute atomic E-state index is 0.110. The van der Waals surface area contributed by atoms with Crippen LogP contribution in [0.1, 0.15) is 27.3 Å². The van der Waals surface area contributed by atoms with E-state index >= 15 is 0 Å². The van der Waals surface area contributed by atoms with Crippen LogP contribution in [0.5, 0.6) is 0 Å². The third-order valence-electron chi connectivity index (χ3n) is 3.39. The maximum absolute atomic E-state index is 11.1. The monoisotopic (exact) mass is 301 g/mol.